The fourth-order valence-electron chi connectivity index (χ4n) is 1.81. The highest BCUT2D eigenvalue weighted by molar-refractivity contribution is 5.77. The van der Waals surface area contributed by atoms with Crippen LogP contribution in [0.15, 0.2) is 18.2 Å². The predicted molar refractivity (Wildman–Crippen MR) is 84.0 cm³/mol. The zero-order valence-electron chi connectivity index (χ0n) is 13.4. The van der Waals surface area contributed by atoms with Gasteiger partial charge in [0, 0.05) is 13.1 Å². The number of likely N-dealkylation sites (N-methyl/N-ethyl adjacent to an activating group) is 1. The molecule has 0 atom stereocenters. The molecule has 1 aromatic rings. The van der Waals surface area contributed by atoms with E-state index in [1.165, 1.54) is 0 Å². The van der Waals surface area contributed by atoms with Crippen molar-refractivity contribution in [1.82, 2.24) is 10.2 Å². The lowest BCUT2D eigenvalue weighted by atomic mass is 10.1. The summed E-state index contributed by atoms with van der Waals surface area (Å²) in [6.07, 6.45) is 0.562. The standard InChI is InChI=1S/C16H23N3O3/c1-19(2)10-11-22-15-12-13(4-5-14(15)21-3)7-9-18-16(20)6-8-17/h4-5,12H,6-7,9-11H2,1-3H3,(H,18,20). The van der Waals surface area contributed by atoms with Crippen molar-refractivity contribution in [2.75, 3.05) is 40.9 Å². The quantitative estimate of drug-likeness (QED) is 0.742. The molecule has 6 heteroatoms. The minimum atomic E-state index is -0.251. The van der Waals surface area contributed by atoms with Gasteiger partial charge in [0.05, 0.1) is 13.2 Å². The number of nitrogens with zero attached hydrogens (tertiary/aromatic N) is 2. The third-order valence-electron chi connectivity index (χ3n) is 3.00. The SMILES string of the molecule is COc1ccc(CCNC(=O)CC#N)cc1OCCN(C)C. The van der Waals surface area contributed by atoms with Gasteiger partial charge in [-0.25, -0.2) is 0 Å². The van der Waals surface area contributed by atoms with E-state index in [1.807, 2.05) is 43.3 Å². The maximum atomic E-state index is 11.2. The fraction of sp³-hybridized carbons (Fsp3) is 0.500. The Balaban J connectivity index is 2.57. The molecule has 0 aliphatic heterocycles. The van der Waals surface area contributed by atoms with E-state index in [1.54, 1.807) is 7.11 Å². The van der Waals surface area contributed by atoms with Gasteiger partial charge in [-0.05, 0) is 38.2 Å². The van der Waals surface area contributed by atoms with Gasteiger partial charge in [0.1, 0.15) is 13.0 Å². The van der Waals surface area contributed by atoms with Crippen molar-refractivity contribution in [3.63, 3.8) is 0 Å². The lowest BCUT2D eigenvalue weighted by Crippen LogP contribution is -2.24. The molecule has 1 N–H and O–H groups in total. The molecule has 0 radical (unpaired) electrons. The molecule has 120 valence electrons. The first-order valence-electron chi connectivity index (χ1n) is 7.15. The molecule has 0 aliphatic rings. The van der Waals surface area contributed by atoms with E-state index in [2.05, 4.69) is 5.32 Å². The number of methoxy groups -OCH3 is 1. The van der Waals surface area contributed by atoms with Crippen molar-refractivity contribution in [2.24, 2.45) is 0 Å². The van der Waals surface area contributed by atoms with Crippen LogP contribution in [0.1, 0.15) is 12.0 Å². The molecule has 6 nitrogen and oxygen atoms in total. The Morgan fingerprint density at radius 2 is 2.14 bits per heavy atom. The maximum Gasteiger partial charge on any atom is 0.234 e. The maximum absolute atomic E-state index is 11.2. The smallest absolute Gasteiger partial charge is 0.234 e. The van der Waals surface area contributed by atoms with E-state index in [-0.39, 0.29) is 12.3 Å². The fourth-order valence-corrected chi connectivity index (χ4v) is 1.81. The number of benzene rings is 1. The Morgan fingerprint density at radius 3 is 2.77 bits per heavy atom. The van der Waals surface area contributed by atoms with Crippen LogP contribution in [0, 0.1) is 11.3 Å². The van der Waals surface area contributed by atoms with Crippen LogP contribution in [0.5, 0.6) is 11.5 Å². The normalized spacial score (nSPS) is 10.1. The summed E-state index contributed by atoms with van der Waals surface area (Å²) >= 11 is 0. The molecule has 0 saturated heterocycles. The van der Waals surface area contributed by atoms with Crippen LogP contribution < -0.4 is 14.8 Å². The van der Waals surface area contributed by atoms with Gasteiger partial charge in [0.2, 0.25) is 5.91 Å². The third-order valence-corrected chi connectivity index (χ3v) is 3.00. The molecule has 0 fully saturated rings. The monoisotopic (exact) mass is 305 g/mol. The van der Waals surface area contributed by atoms with Crippen LogP contribution in [-0.4, -0.2) is 51.7 Å². The minimum absolute atomic E-state index is 0.110. The summed E-state index contributed by atoms with van der Waals surface area (Å²) in [5.41, 5.74) is 1.04. The third kappa shape index (κ3) is 6.46. The van der Waals surface area contributed by atoms with Gasteiger partial charge in [-0.15, -0.1) is 0 Å². The Kier molecular flexibility index (Phi) is 7.79. The van der Waals surface area contributed by atoms with Gasteiger partial charge in [-0.2, -0.15) is 5.26 Å². The van der Waals surface area contributed by atoms with Crippen molar-refractivity contribution < 1.29 is 14.3 Å². The predicted octanol–water partition coefficient (Wildman–Crippen LogP) is 1.21. The van der Waals surface area contributed by atoms with Crippen LogP contribution in [0.2, 0.25) is 0 Å². The minimum Gasteiger partial charge on any atom is -0.493 e. The average molecular weight is 305 g/mol. The number of carbonyl (C=O) groups excluding carboxylic acids is 1. The summed E-state index contributed by atoms with van der Waals surface area (Å²) in [5, 5.41) is 11.1. The molecular weight excluding hydrogens is 282 g/mol. The first-order valence-corrected chi connectivity index (χ1v) is 7.15. The van der Waals surface area contributed by atoms with Gasteiger partial charge in [0.15, 0.2) is 11.5 Å². The van der Waals surface area contributed by atoms with Crippen molar-refractivity contribution >= 4 is 5.91 Å². The number of hydrogen-bond acceptors (Lipinski definition) is 5. The molecular formula is C16H23N3O3. The number of rotatable bonds is 9. The van der Waals surface area contributed by atoms with Gasteiger partial charge < -0.3 is 19.7 Å². The topological polar surface area (TPSA) is 74.6 Å². The zero-order valence-corrected chi connectivity index (χ0v) is 13.4. The lowest BCUT2D eigenvalue weighted by molar-refractivity contribution is -0.120. The van der Waals surface area contributed by atoms with Gasteiger partial charge >= 0.3 is 0 Å². The van der Waals surface area contributed by atoms with Gasteiger partial charge in [0.25, 0.3) is 0 Å². The molecule has 0 aliphatic carbocycles. The summed E-state index contributed by atoms with van der Waals surface area (Å²) in [7, 11) is 5.58. The lowest BCUT2D eigenvalue weighted by Gasteiger charge is -2.14. The number of hydrogen-bond donors (Lipinski definition) is 1. The Labute approximate surface area is 131 Å². The summed E-state index contributed by atoms with van der Waals surface area (Å²) in [6.45, 7) is 1.88. The highest BCUT2D eigenvalue weighted by Crippen LogP contribution is 2.28. The van der Waals surface area contributed by atoms with Crippen LogP contribution in [0.3, 0.4) is 0 Å². The Morgan fingerprint density at radius 1 is 1.36 bits per heavy atom. The van der Waals surface area contributed by atoms with Crippen molar-refractivity contribution in [1.29, 1.82) is 5.26 Å². The first-order chi connectivity index (χ1) is 10.6. The van der Waals surface area contributed by atoms with Gasteiger partial charge in [-0.3, -0.25) is 4.79 Å². The van der Waals surface area contributed by atoms with Crippen molar-refractivity contribution in [3.05, 3.63) is 23.8 Å². The summed E-state index contributed by atoms with van der Waals surface area (Å²) in [6, 6.07) is 7.54. The largest absolute Gasteiger partial charge is 0.493 e. The zero-order chi connectivity index (χ0) is 16.4. The van der Waals surface area contributed by atoms with Crippen molar-refractivity contribution in [3.8, 4) is 17.6 Å². The van der Waals surface area contributed by atoms with E-state index in [0.29, 0.717) is 31.1 Å². The number of carbonyl (C=O) groups is 1. The Bertz CT molecular complexity index is 524. The highest BCUT2D eigenvalue weighted by Gasteiger charge is 2.07. The molecule has 0 saturated carbocycles. The molecule has 1 aromatic carbocycles. The second-order valence-electron chi connectivity index (χ2n) is 5.07. The molecule has 0 bridgehead atoms. The molecule has 0 unspecified atom stereocenters. The number of amides is 1. The van der Waals surface area contributed by atoms with E-state index in [9.17, 15) is 4.79 Å². The van der Waals surface area contributed by atoms with E-state index < -0.39 is 0 Å². The molecule has 22 heavy (non-hydrogen) atoms. The van der Waals surface area contributed by atoms with Gasteiger partial charge in [-0.1, -0.05) is 6.07 Å². The van der Waals surface area contributed by atoms with E-state index >= 15 is 0 Å². The number of nitrogens with one attached hydrogen (secondary N) is 1. The highest BCUT2D eigenvalue weighted by atomic mass is 16.5. The summed E-state index contributed by atoms with van der Waals surface area (Å²) in [4.78, 5) is 13.3. The van der Waals surface area contributed by atoms with E-state index in [0.717, 1.165) is 12.1 Å². The molecule has 1 amide bonds. The molecule has 0 spiro atoms. The summed E-state index contributed by atoms with van der Waals surface area (Å²) in [5.74, 6) is 1.14. The Hall–Kier alpha value is -2.26. The molecule has 0 heterocycles. The van der Waals surface area contributed by atoms with Crippen molar-refractivity contribution in [2.45, 2.75) is 12.8 Å². The number of ether oxygens (including phenoxy) is 2. The molecule has 0 aromatic heterocycles. The van der Waals surface area contributed by atoms with E-state index in [4.69, 9.17) is 14.7 Å². The molecule has 1 rings (SSSR count). The average Bonchev–Trinajstić information content (AvgIpc) is 2.47. The first kappa shape index (κ1) is 17.8. The second kappa shape index (κ2) is 9.64. The van der Waals surface area contributed by atoms with Crippen LogP contribution in [-0.2, 0) is 11.2 Å². The van der Waals surface area contributed by atoms with Crippen LogP contribution in [0.25, 0.3) is 0 Å². The van der Waals surface area contributed by atoms with Crippen LogP contribution >= 0.6 is 0 Å². The summed E-state index contributed by atoms with van der Waals surface area (Å²) < 4.78 is 11.0. The number of nitriles is 1. The second-order valence-corrected chi connectivity index (χ2v) is 5.07. The van der Waals surface area contributed by atoms with Crippen LogP contribution in [0.4, 0.5) is 0 Å².